The van der Waals surface area contributed by atoms with Crippen LogP contribution in [-0.4, -0.2) is 0 Å². The third-order valence-corrected chi connectivity index (χ3v) is 2.91. The lowest BCUT2D eigenvalue weighted by atomic mass is 10.1. The van der Waals surface area contributed by atoms with Crippen molar-refractivity contribution in [1.82, 2.24) is 0 Å². The van der Waals surface area contributed by atoms with Crippen molar-refractivity contribution in [2.45, 2.75) is 19.9 Å². The van der Waals surface area contributed by atoms with Crippen molar-refractivity contribution in [1.29, 1.82) is 0 Å². The molecular weight excluding hydrogens is 233 g/mol. The number of furan rings is 1. The summed E-state index contributed by atoms with van der Waals surface area (Å²) in [4.78, 5) is 0. The molecule has 0 saturated carbocycles. The van der Waals surface area contributed by atoms with Gasteiger partial charge in [0.2, 0.25) is 0 Å². The Bertz CT molecular complexity index is 517. The summed E-state index contributed by atoms with van der Waals surface area (Å²) in [5, 5.41) is 2.06. The quantitative estimate of drug-likeness (QED) is 0.821. The molecule has 80 valence electrons. The highest BCUT2D eigenvalue weighted by Gasteiger charge is 2.16. The van der Waals surface area contributed by atoms with Crippen molar-refractivity contribution in [2.75, 3.05) is 0 Å². The van der Waals surface area contributed by atoms with Crippen molar-refractivity contribution >= 4 is 34.2 Å². The first kappa shape index (κ1) is 10.8. The van der Waals surface area contributed by atoms with Gasteiger partial charge in [-0.15, -0.1) is 0 Å². The first-order valence-electron chi connectivity index (χ1n) is 4.64. The molecule has 0 spiro atoms. The molecule has 0 aliphatic carbocycles. The molecule has 0 radical (unpaired) electrons. The Labute approximate surface area is 97.9 Å². The highest BCUT2D eigenvalue weighted by molar-refractivity contribution is 6.38. The summed E-state index contributed by atoms with van der Waals surface area (Å²) in [5.74, 6) is 0.758. The van der Waals surface area contributed by atoms with Crippen LogP contribution in [0, 0.1) is 6.92 Å². The highest BCUT2D eigenvalue weighted by atomic mass is 35.5. The average molecular weight is 244 g/mol. The van der Waals surface area contributed by atoms with Gasteiger partial charge in [-0.2, -0.15) is 0 Å². The predicted octanol–water partition coefficient (Wildman–Crippen LogP) is 4.07. The molecule has 2 nitrogen and oxygen atoms in total. The number of halogens is 2. The van der Waals surface area contributed by atoms with E-state index in [2.05, 4.69) is 0 Å². The van der Waals surface area contributed by atoms with Crippen molar-refractivity contribution < 1.29 is 4.42 Å². The van der Waals surface area contributed by atoms with E-state index in [1.165, 1.54) is 0 Å². The van der Waals surface area contributed by atoms with Crippen molar-refractivity contribution in [3.05, 3.63) is 33.5 Å². The first-order chi connectivity index (χ1) is 7.00. The van der Waals surface area contributed by atoms with Gasteiger partial charge in [0.25, 0.3) is 0 Å². The third-order valence-electron chi connectivity index (χ3n) is 2.41. The molecule has 1 aromatic heterocycles. The number of benzene rings is 1. The molecule has 0 amide bonds. The van der Waals surface area contributed by atoms with Crippen LogP contribution in [0.3, 0.4) is 0 Å². The molecule has 2 aromatic rings. The number of fused-ring (bicyclic) bond motifs is 1. The van der Waals surface area contributed by atoms with Gasteiger partial charge < -0.3 is 10.2 Å². The molecule has 4 heteroatoms. The van der Waals surface area contributed by atoms with E-state index in [0.717, 1.165) is 16.7 Å². The summed E-state index contributed by atoms with van der Waals surface area (Å²) in [6, 6.07) is 3.36. The lowest BCUT2D eigenvalue weighted by Gasteiger charge is -2.00. The fourth-order valence-corrected chi connectivity index (χ4v) is 2.23. The zero-order chi connectivity index (χ0) is 11.2. The molecule has 0 aliphatic rings. The summed E-state index contributed by atoms with van der Waals surface area (Å²) < 4.78 is 5.63. The van der Waals surface area contributed by atoms with Gasteiger partial charge in [0.05, 0.1) is 11.1 Å². The van der Waals surface area contributed by atoms with Crippen LogP contribution in [0.2, 0.25) is 10.0 Å². The molecule has 2 N–H and O–H groups in total. The summed E-state index contributed by atoms with van der Waals surface area (Å²) in [6.45, 7) is 3.83. The summed E-state index contributed by atoms with van der Waals surface area (Å²) in [7, 11) is 0. The van der Waals surface area contributed by atoms with Crippen LogP contribution >= 0.6 is 23.2 Å². The van der Waals surface area contributed by atoms with E-state index in [9.17, 15) is 0 Å². The van der Waals surface area contributed by atoms with E-state index in [0.29, 0.717) is 15.6 Å². The minimum atomic E-state index is -0.146. The molecule has 0 fully saturated rings. The first-order valence-corrected chi connectivity index (χ1v) is 5.40. The smallest absolute Gasteiger partial charge is 0.153 e. The van der Waals surface area contributed by atoms with E-state index in [1.54, 1.807) is 6.07 Å². The highest BCUT2D eigenvalue weighted by Crippen LogP contribution is 2.35. The number of hydrogen-bond acceptors (Lipinski definition) is 2. The van der Waals surface area contributed by atoms with Crippen LogP contribution in [0.5, 0.6) is 0 Å². The molecule has 2 rings (SSSR count). The number of aryl methyl sites for hydroxylation is 1. The fraction of sp³-hybridized carbons (Fsp3) is 0.273. The Morgan fingerprint density at radius 3 is 2.60 bits per heavy atom. The predicted molar refractivity (Wildman–Crippen MR) is 63.6 cm³/mol. The van der Waals surface area contributed by atoms with Crippen molar-refractivity contribution in [3.63, 3.8) is 0 Å². The lowest BCUT2D eigenvalue weighted by Crippen LogP contribution is -2.04. The van der Waals surface area contributed by atoms with E-state index in [4.69, 9.17) is 33.4 Å². The van der Waals surface area contributed by atoms with Crippen LogP contribution in [0.25, 0.3) is 11.0 Å². The van der Waals surface area contributed by atoms with Gasteiger partial charge in [-0.1, -0.05) is 23.2 Å². The molecule has 1 heterocycles. The molecule has 1 aromatic carbocycles. The van der Waals surface area contributed by atoms with Gasteiger partial charge in [0, 0.05) is 16.0 Å². The normalized spacial score (nSPS) is 13.4. The Morgan fingerprint density at radius 1 is 1.33 bits per heavy atom. The standard InChI is InChI=1S/C11H11Cl2NO/c1-5-8-3-7(12)4-9(13)11(8)15-10(5)6(2)14/h3-4,6H,14H2,1-2H3. The lowest BCUT2D eigenvalue weighted by molar-refractivity contribution is 0.509. The molecule has 1 atom stereocenters. The summed E-state index contributed by atoms with van der Waals surface area (Å²) in [6.07, 6.45) is 0. The van der Waals surface area contributed by atoms with Crippen LogP contribution < -0.4 is 5.73 Å². The largest absolute Gasteiger partial charge is 0.458 e. The molecule has 1 unspecified atom stereocenters. The van der Waals surface area contributed by atoms with Crippen LogP contribution in [0.4, 0.5) is 0 Å². The third kappa shape index (κ3) is 1.73. The van der Waals surface area contributed by atoms with E-state index in [-0.39, 0.29) is 6.04 Å². The Balaban J connectivity index is 2.82. The zero-order valence-electron chi connectivity index (χ0n) is 8.47. The van der Waals surface area contributed by atoms with Gasteiger partial charge in [-0.25, -0.2) is 0 Å². The molecule has 0 saturated heterocycles. The van der Waals surface area contributed by atoms with Gasteiger partial charge in [-0.05, 0) is 26.0 Å². The number of rotatable bonds is 1. The average Bonchev–Trinajstić information content (AvgIpc) is 2.44. The van der Waals surface area contributed by atoms with Crippen LogP contribution in [0.1, 0.15) is 24.3 Å². The summed E-state index contributed by atoms with van der Waals surface area (Å²) in [5.41, 5.74) is 7.46. The van der Waals surface area contributed by atoms with Crippen molar-refractivity contribution in [3.8, 4) is 0 Å². The van der Waals surface area contributed by atoms with E-state index >= 15 is 0 Å². The fourth-order valence-electron chi connectivity index (χ4n) is 1.70. The maximum absolute atomic E-state index is 6.03. The minimum Gasteiger partial charge on any atom is -0.458 e. The van der Waals surface area contributed by atoms with Crippen molar-refractivity contribution in [2.24, 2.45) is 5.73 Å². The number of nitrogens with two attached hydrogens (primary N) is 1. The Morgan fingerprint density at radius 2 is 2.00 bits per heavy atom. The maximum atomic E-state index is 6.03. The van der Waals surface area contributed by atoms with Crippen LogP contribution in [-0.2, 0) is 0 Å². The minimum absolute atomic E-state index is 0.146. The van der Waals surface area contributed by atoms with Crippen LogP contribution in [0.15, 0.2) is 16.5 Å². The maximum Gasteiger partial charge on any atom is 0.153 e. The molecule has 0 aliphatic heterocycles. The number of hydrogen-bond donors (Lipinski definition) is 1. The second-order valence-electron chi connectivity index (χ2n) is 3.64. The monoisotopic (exact) mass is 243 g/mol. The van der Waals surface area contributed by atoms with Gasteiger partial charge >= 0.3 is 0 Å². The second kappa shape index (κ2) is 3.71. The van der Waals surface area contributed by atoms with Gasteiger partial charge in [-0.3, -0.25) is 0 Å². The Kier molecular flexibility index (Phi) is 2.67. The Hall–Kier alpha value is -0.700. The van der Waals surface area contributed by atoms with E-state index < -0.39 is 0 Å². The van der Waals surface area contributed by atoms with Gasteiger partial charge in [0.15, 0.2) is 5.58 Å². The molecule has 15 heavy (non-hydrogen) atoms. The molecule has 0 bridgehead atoms. The summed E-state index contributed by atoms with van der Waals surface area (Å²) >= 11 is 12.0. The topological polar surface area (TPSA) is 39.2 Å². The zero-order valence-corrected chi connectivity index (χ0v) is 9.99. The second-order valence-corrected chi connectivity index (χ2v) is 4.49. The van der Waals surface area contributed by atoms with Gasteiger partial charge in [0.1, 0.15) is 5.76 Å². The van der Waals surface area contributed by atoms with E-state index in [1.807, 2.05) is 19.9 Å². The molecular formula is C11H11Cl2NO. The SMILES string of the molecule is Cc1c(C(C)N)oc2c(Cl)cc(Cl)cc12.